The summed E-state index contributed by atoms with van der Waals surface area (Å²) in [7, 11) is 1.64. The molecule has 0 fully saturated rings. The second kappa shape index (κ2) is 7.48. The normalized spacial score (nSPS) is 11.9. The van der Waals surface area contributed by atoms with E-state index in [0.717, 1.165) is 24.2 Å². The van der Waals surface area contributed by atoms with E-state index in [1.165, 1.54) is 5.56 Å². The van der Waals surface area contributed by atoms with Crippen LogP contribution >= 0.6 is 0 Å². The van der Waals surface area contributed by atoms with Gasteiger partial charge in [-0.1, -0.05) is 42.5 Å². The van der Waals surface area contributed by atoms with E-state index in [2.05, 4.69) is 0 Å². The molecule has 0 spiro atoms. The Hall–Kier alpha value is -2.29. The SMILES string of the molecule is COc1ccc(CC(CC(=O)O)Cc2ccccc2)cc1. The van der Waals surface area contributed by atoms with Gasteiger partial charge in [-0.05, 0) is 42.0 Å². The molecule has 3 nitrogen and oxygen atoms in total. The molecule has 3 heteroatoms. The lowest BCUT2D eigenvalue weighted by Gasteiger charge is -2.15. The van der Waals surface area contributed by atoms with Crippen LogP contribution in [-0.2, 0) is 17.6 Å². The smallest absolute Gasteiger partial charge is 0.303 e. The molecule has 2 aromatic rings. The predicted octanol–water partition coefficient (Wildman–Crippen LogP) is 3.57. The van der Waals surface area contributed by atoms with Crippen molar-refractivity contribution in [1.29, 1.82) is 0 Å². The molecule has 0 aliphatic heterocycles. The third-order valence-electron chi connectivity index (χ3n) is 3.51. The molecule has 0 amide bonds. The van der Waals surface area contributed by atoms with E-state index in [0.29, 0.717) is 0 Å². The van der Waals surface area contributed by atoms with Gasteiger partial charge in [-0.15, -0.1) is 0 Å². The van der Waals surface area contributed by atoms with Gasteiger partial charge in [0.25, 0.3) is 0 Å². The highest BCUT2D eigenvalue weighted by Gasteiger charge is 2.15. The van der Waals surface area contributed by atoms with Crippen molar-refractivity contribution in [2.24, 2.45) is 5.92 Å². The average molecular weight is 284 g/mol. The first-order chi connectivity index (χ1) is 10.2. The minimum absolute atomic E-state index is 0.0956. The lowest BCUT2D eigenvalue weighted by molar-refractivity contribution is -0.138. The maximum Gasteiger partial charge on any atom is 0.303 e. The monoisotopic (exact) mass is 284 g/mol. The van der Waals surface area contributed by atoms with Crippen LogP contribution in [0.25, 0.3) is 0 Å². The van der Waals surface area contributed by atoms with Crippen LogP contribution in [0.3, 0.4) is 0 Å². The largest absolute Gasteiger partial charge is 0.497 e. The van der Waals surface area contributed by atoms with Crippen LogP contribution in [0.1, 0.15) is 17.5 Å². The van der Waals surface area contributed by atoms with Gasteiger partial charge in [0, 0.05) is 6.42 Å². The highest BCUT2D eigenvalue weighted by atomic mass is 16.5. The third-order valence-corrected chi connectivity index (χ3v) is 3.51. The van der Waals surface area contributed by atoms with Crippen LogP contribution in [0, 0.1) is 5.92 Å². The number of hydrogen-bond acceptors (Lipinski definition) is 2. The number of carbonyl (C=O) groups is 1. The first-order valence-electron chi connectivity index (χ1n) is 7.06. The van der Waals surface area contributed by atoms with Gasteiger partial charge in [0.05, 0.1) is 7.11 Å². The summed E-state index contributed by atoms with van der Waals surface area (Å²) in [5.41, 5.74) is 2.32. The zero-order valence-corrected chi connectivity index (χ0v) is 12.2. The summed E-state index contributed by atoms with van der Waals surface area (Å²) in [4.78, 5) is 11.1. The third kappa shape index (κ3) is 4.95. The quantitative estimate of drug-likeness (QED) is 0.845. The number of aliphatic carboxylic acids is 1. The first-order valence-corrected chi connectivity index (χ1v) is 7.06. The summed E-state index contributed by atoms with van der Waals surface area (Å²) in [6.07, 6.45) is 1.71. The first kappa shape index (κ1) is 15.1. The molecular weight excluding hydrogens is 264 g/mol. The van der Waals surface area contributed by atoms with Gasteiger partial charge >= 0.3 is 5.97 Å². The number of hydrogen-bond donors (Lipinski definition) is 1. The fraction of sp³-hybridized carbons (Fsp3) is 0.278. The lowest BCUT2D eigenvalue weighted by atomic mass is 9.90. The molecule has 2 rings (SSSR count). The average Bonchev–Trinajstić information content (AvgIpc) is 2.48. The van der Waals surface area contributed by atoms with E-state index < -0.39 is 5.97 Å². The molecule has 0 aliphatic rings. The summed E-state index contributed by atoms with van der Waals surface area (Å²) in [6.45, 7) is 0. The molecule has 1 unspecified atom stereocenters. The van der Waals surface area contributed by atoms with Gasteiger partial charge in [-0.25, -0.2) is 0 Å². The Balaban J connectivity index is 2.06. The van der Waals surface area contributed by atoms with Crippen molar-refractivity contribution < 1.29 is 14.6 Å². The number of carboxylic acids is 1. The van der Waals surface area contributed by atoms with Gasteiger partial charge in [0.1, 0.15) is 5.75 Å². The van der Waals surface area contributed by atoms with Crippen molar-refractivity contribution in [3.8, 4) is 5.75 Å². The van der Waals surface area contributed by atoms with Crippen LogP contribution in [-0.4, -0.2) is 18.2 Å². The molecular formula is C18H20O3. The highest BCUT2D eigenvalue weighted by Crippen LogP contribution is 2.20. The van der Waals surface area contributed by atoms with E-state index >= 15 is 0 Å². The Morgan fingerprint density at radius 2 is 1.57 bits per heavy atom. The van der Waals surface area contributed by atoms with Crippen molar-refractivity contribution in [3.63, 3.8) is 0 Å². The van der Waals surface area contributed by atoms with E-state index in [4.69, 9.17) is 9.84 Å². The van der Waals surface area contributed by atoms with Gasteiger partial charge in [0.2, 0.25) is 0 Å². The standard InChI is InChI=1S/C18H20O3/c1-21-17-9-7-15(8-10-17)12-16(13-18(19)20)11-14-5-3-2-4-6-14/h2-10,16H,11-13H2,1H3,(H,19,20). The molecule has 110 valence electrons. The summed E-state index contributed by atoms with van der Waals surface area (Å²) in [5, 5.41) is 9.10. The zero-order chi connectivity index (χ0) is 15.1. The Labute approximate surface area is 125 Å². The molecule has 0 bridgehead atoms. The molecule has 1 atom stereocenters. The Morgan fingerprint density at radius 1 is 1.00 bits per heavy atom. The van der Waals surface area contributed by atoms with Crippen molar-refractivity contribution in [1.82, 2.24) is 0 Å². The fourth-order valence-electron chi connectivity index (χ4n) is 2.51. The molecule has 1 N–H and O–H groups in total. The summed E-state index contributed by atoms with van der Waals surface area (Å²) in [6, 6.07) is 17.9. The van der Waals surface area contributed by atoms with Crippen LogP contribution in [0.5, 0.6) is 5.75 Å². The topological polar surface area (TPSA) is 46.5 Å². The van der Waals surface area contributed by atoms with Crippen LogP contribution in [0.2, 0.25) is 0 Å². The molecule has 0 aromatic heterocycles. The highest BCUT2D eigenvalue weighted by molar-refractivity contribution is 5.67. The van der Waals surface area contributed by atoms with Gasteiger partial charge in [-0.2, -0.15) is 0 Å². The van der Waals surface area contributed by atoms with Crippen LogP contribution in [0.4, 0.5) is 0 Å². The van der Waals surface area contributed by atoms with Crippen molar-refractivity contribution in [2.45, 2.75) is 19.3 Å². The number of benzene rings is 2. The van der Waals surface area contributed by atoms with E-state index in [-0.39, 0.29) is 12.3 Å². The molecule has 2 aromatic carbocycles. The van der Waals surface area contributed by atoms with Crippen LogP contribution in [0.15, 0.2) is 54.6 Å². The molecule has 0 radical (unpaired) electrons. The molecule has 0 aliphatic carbocycles. The lowest BCUT2D eigenvalue weighted by Crippen LogP contribution is -2.13. The summed E-state index contributed by atoms with van der Waals surface area (Å²) < 4.78 is 5.14. The molecule has 0 saturated heterocycles. The van der Waals surface area contributed by atoms with E-state index in [9.17, 15) is 4.79 Å². The molecule has 21 heavy (non-hydrogen) atoms. The van der Waals surface area contributed by atoms with Gasteiger partial charge in [0.15, 0.2) is 0 Å². The maximum absolute atomic E-state index is 11.1. The Morgan fingerprint density at radius 3 is 2.10 bits per heavy atom. The van der Waals surface area contributed by atoms with Crippen LogP contribution < -0.4 is 4.74 Å². The minimum Gasteiger partial charge on any atom is -0.497 e. The zero-order valence-electron chi connectivity index (χ0n) is 12.2. The Kier molecular flexibility index (Phi) is 5.38. The molecule has 0 heterocycles. The van der Waals surface area contributed by atoms with Crippen molar-refractivity contribution >= 4 is 5.97 Å². The maximum atomic E-state index is 11.1. The van der Waals surface area contributed by atoms with E-state index in [1.807, 2.05) is 54.6 Å². The predicted molar refractivity (Wildman–Crippen MR) is 82.6 cm³/mol. The Bertz CT molecular complexity index is 561. The van der Waals surface area contributed by atoms with Crippen molar-refractivity contribution in [3.05, 3.63) is 65.7 Å². The molecule has 0 saturated carbocycles. The van der Waals surface area contributed by atoms with Gasteiger partial charge < -0.3 is 9.84 Å². The minimum atomic E-state index is -0.746. The second-order valence-electron chi connectivity index (χ2n) is 5.21. The summed E-state index contributed by atoms with van der Waals surface area (Å²) in [5.74, 6) is 0.166. The number of carboxylic acid groups (broad SMARTS) is 1. The number of ether oxygens (including phenoxy) is 1. The number of methoxy groups -OCH3 is 1. The summed E-state index contributed by atoms with van der Waals surface area (Å²) >= 11 is 0. The van der Waals surface area contributed by atoms with Crippen molar-refractivity contribution in [2.75, 3.05) is 7.11 Å². The number of rotatable bonds is 7. The van der Waals surface area contributed by atoms with Gasteiger partial charge in [-0.3, -0.25) is 4.79 Å². The second-order valence-corrected chi connectivity index (χ2v) is 5.21. The fourth-order valence-corrected chi connectivity index (χ4v) is 2.51. The van der Waals surface area contributed by atoms with E-state index in [1.54, 1.807) is 7.11 Å².